The van der Waals surface area contributed by atoms with Crippen LogP contribution >= 0.6 is 0 Å². The number of nitrogens with one attached hydrogen (secondary N) is 1. The molecule has 2 rings (SSSR count). The zero-order valence-corrected chi connectivity index (χ0v) is 7.81. The van der Waals surface area contributed by atoms with Crippen LogP contribution in [0.1, 0.15) is 5.56 Å². The van der Waals surface area contributed by atoms with E-state index in [1.165, 1.54) is 0 Å². The predicted octanol–water partition coefficient (Wildman–Crippen LogP) is 0.902. The molecule has 3 nitrogen and oxygen atoms in total. The minimum atomic E-state index is -0.705. The summed E-state index contributed by atoms with van der Waals surface area (Å²) in [4.78, 5) is 10.9. The van der Waals surface area contributed by atoms with E-state index < -0.39 is 5.97 Å². The lowest BCUT2D eigenvalue weighted by molar-refractivity contribution is -0.141. The smallest absolute Gasteiger partial charge is 0.308 e. The highest BCUT2D eigenvalue weighted by Gasteiger charge is 2.35. The van der Waals surface area contributed by atoms with Crippen molar-refractivity contribution in [3.63, 3.8) is 0 Å². The monoisotopic (exact) mass is 191 g/mol. The molecule has 0 bridgehead atoms. The fourth-order valence-electron chi connectivity index (χ4n) is 1.62. The average molecular weight is 191 g/mol. The average Bonchev–Trinajstić information content (AvgIpc) is 2.99. The van der Waals surface area contributed by atoms with Crippen molar-refractivity contribution >= 4 is 5.97 Å². The zero-order valence-electron chi connectivity index (χ0n) is 7.81. The second kappa shape index (κ2) is 3.80. The molecule has 0 amide bonds. The number of hydrogen-bond acceptors (Lipinski definition) is 2. The van der Waals surface area contributed by atoms with Crippen molar-refractivity contribution in [2.45, 2.75) is 12.5 Å². The van der Waals surface area contributed by atoms with Crippen LogP contribution in [-0.4, -0.2) is 23.7 Å². The van der Waals surface area contributed by atoms with E-state index in [0.29, 0.717) is 6.42 Å². The fraction of sp³-hybridized carbons (Fsp3) is 0.364. The van der Waals surface area contributed by atoms with Gasteiger partial charge in [0.1, 0.15) is 0 Å². The maximum Gasteiger partial charge on any atom is 0.308 e. The molecule has 0 saturated carbocycles. The molecule has 0 radical (unpaired) electrons. The van der Waals surface area contributed by atoms with Crippen LogP contribution in [0, 0.1) is 5.92 Å². The third-order valence-electron chi connectivity index (χ3n) is 2.54. The first-order valence-electron chi connectivity index (χ1n) is 4.77. The quantitative estimate of drug-likeness (QED) is 0.695. The summed E-state index contributed by atoms with van der Waals surface area (Å²) in [5.41, 5.74) is 1.09. The number of carboxylic acid groups (broad SMARTS) is 1. The van der Waals surface area contributed by atoms with Crippen LogP contribution in [0.5, 0.6) is 0 Å². The van der Waals surface area contributed by atoms with Crippen LogP contribution in [0.25, 0.3) is 0 Å². The van der Waals surface area contributed by atoms with Gasteiger partial charge in [-0.15, -0.1) is 0 Å². The van der Waals surface area contributed by atoms with Crippen LogP contribution in [0.3, 0.4) is 0 Å². The minimum absolute atomic E-state index is 0.174. The van der Waals surface area contributed by atoms with Gasteiger partial charge in [-0.05, 0) is 12.0 Å². The molecule has 1 aliphatic rings. The molecule has 1 heterocycles. The number of hydrogen-bond donors (Lipinski definition) is 2. The lowest BCUT2D eigenvalue weighted by Gasteiger charge is -2.09. The van der Waals surface area contributed by atoms with Crippen LogP contribution in [0.15, 0.2) is 30.3 Å². The van der Waals surface area contributed by atoms with Gasteiger partial charge >= 0.3 is 5.97 Å². The number of rotatable bonds is 4. The van der Waals surface area contributed by atoms with Gasteiger partial charge in [-0.25, -0.2) is 0 Å². The molecule has 0 spiro atoms. The molecule has 0 aliphatic carbocycles. The Morgan fingerprint density at radius 3 is 2.64 bits per heavy atom. The summed E-state index contributed by atoms with van der Waals surface area (Å²) in [5.74, 6) is -0.985. The summed E-state index contributed by atoms with van der Waals surface area (Å²) in [7, 11) is 0. The number of carboxylic acids is 1. The Morgan fingerprint density at radius 2 is 2.14 bits per heavy atom. The summed E-state index contributed by atoms with van der Waals surface area (Å²) in [6.45, 7) is 0.837. The van der Waals surface area contributed by atoms with Crippen molar-refractivity contribution in [3.05, 3.63) is 35.9 Å². The Bertz CT molecular complexity index is 319. The van der Waals surface area contributed by atoms with Crippen molar-refractivity contribution in [2.75, 3.05) is 6.54 Å². The zero-order chi connectivity index (χ0) is 9.97. The normalized spacial score (nSPS) is 21.6. The van der Waals surface area contributed by atoms with E-state index in [9.17, 15) is 4.79 Å². The maximum absolute atomic E-state index is 10.9. The first-order valence-corrected chi connectivity index (χ1v) is 4.77. The molecule has 1 fully saturated rings. The second-order valence-corrected chi connectivity index (χ2v) is 3.65. The second-order valence-electron chi connectivity index (χ2n) is 3.65. The molecule has 1 aromatic carbocycles. The Hall–Kier alpha value is -1.35. The van der Waals surface area contributed by atoms with E-state index in [-0.39, 0.29) is 12.0 Å². The van der Waals surface area contributed by atoms with Gasteiger partial charge in [-0.1, -0.05) is 30.3 Å². The molecule has 1 aromatic rings. The van der Waals surface area contributed by atoms with Crippen molar-refractivity contribution in [3.8, 4) is 0 Å². The molecular weight excluding hydrogens is 178 g/mol. The molecule has 3 heteroatoms. The molecule has 1 saturated heterocycles. The van der Waals surface area contributed by atoms with E-state index in [4.69, 9.17) is 5.11 Å². The number of carbonyl (C=O) groups is 1. The van der Waals surface area contributed by atoms with Crippen LogP contribution < -0.4 is 5.32 Å². The van der Waals surface area contributed by atoms with Gasteiger partial charge in [0, 0.05) is 12.6 Å². The highest BCUT2D eigenvalue weighted by Crippen LogP contribution is 2.18. The van der Waals surface area contributed by atoms with Gasteiger partial charge in [0.2, 0.25) is 0 Å². The number of benzene rings is 1. The number of aliphatic carboxylic acids is 1. The van der Waals surface area contributed by atoms with Crippen molar-refractivity contribution < 1.29 is 9.90 Å². The predicted molar refractivity (Wildman–Crippen MR) is 53.1 cm³/mol. The topological polar surface area (TPSA) is 59.2 Å². The van der Waals surface area contributed by atoms with E-state index in [1.54, 1.807) is 0 Å². The molecule has 2 N–H and O–H groups in total. The summed E-state index contributed by atoms with van der Waals surface area (Å²) >= 11 is 0. The van der Waals surface area contributed by atoms with Gasteiger partial charge < -0.3 is 10.4 Å². The Labute approximate surface area is 82.8 Å². The van der Waals surface area contributed by atoms with Crippen LogP contribution in [0.2, 0.25) is 0 Å². The fourth-order valence-corrected chi connectivity index (χ4v) is 1.62. The van der Waals surface area contributed by atoms with Crippen LogP contribution in [0.4, 0.5) is 0 Å². The summed E-state index contributed by atoms with van der Waals surface area (Å²) in [5, 5.41) is 12.1. The Kier molecular flexibility index (Phi) is 2.50. The highest BCUT2D eigenvalue weighted by molar-refractivity contribution is 5.72. The van der Waals surface area contributed by atoms with Gasteiger partial charge in [0.15, 0.2) is 0 Å². The van der Waals surface area contributed by atoms with Gasteiger partial charge in [0.25, 0.3) is 0 Å². The first-order chi connectivity index (χ1) is 6.77. The lowest BCUT2D eigenvalue weighted by atomic mass is 9.96. The molecule has 14 heavy (non-hydrogen) atoms. The van der Waals surface area contributed by atoms with Gasteiger partial charge in [-0.2, -0.15) is 0 Å². The standard InChI is InChI=1S/C11H13NO2/c13-11(14)9(10-7-12-10)6-8-4-2-1-3-5-8/h1-5,9-10,12H,6-7H2,(H,13,14)/t9-,10+/m0/s1. The Morgan fingerprint density at radius 1 is 1.50 bits per heavy atom. The largest absolute Gasteiger partial charge is 0.481 e. The highest BCUT2D eigenvalue weighted by atomic mass is 16.4. The molecule has 0 aromatic heterocycles. The SMILES string of the molecule is O=C(O)[C@@H](Cc1ccccc1)[C@H]1CN1. The van der Waals surface area contributed by atoms with E-state index in [2.05, 4.69) is 5.32 Å². The first kappa shape index (κ1) is 9.21. The van der Waals surface area contributed by atoms with Gasteiger partial charge in [-0.3, -0.25) is 4.79 Å². The third kappa shape index (κ3) is 2.12. The molecule has 1 aliphatic heterocycles. The molecule has 2 atom stereocenters. The van der Waals surface area contributed by atoms with Crippen LogP contribution in [-0.2, 0) is 11.2 Å². The third-order valence-corrected chi connectivity index (χ3v) is 2.54. The maximum atomic E-state index is 10.9. The minimum Gasteiger partial charge on any atom is -0.481 e. The summed E-state index contributed by atoms with van der Waals surface area (Å²) in [6.07, 6.45) is 0.619. The lowest BCUT2D eigenvalue weighted by Crippen LogP contribution is -2.23. The van der Waals surface area contributed by atoms with E-state index in [1.807, 2.05) is 30.3 Å². The van der Waals surface area contributed by atoms with Crippen molar-refractivity contribution in [1.82, 2.24) is 5.32 Å². The van der Waals surface area contributed by atoms with E-state index in [0.717, 1.165) is 12.1 Å². The van der Waals surface area contributed by atoms with Crippen molar-refractivity contribution in [2.24, 2.45) is 5.92 Å². The van der Waals surface area contributed by atoms with E-state index >= 15 is 0 Å². The summed E-state index contributed by atoms with van der Waals surface area (Å²) < 4.78 is 0. The molecule has 74 valence electrons. The van der Waals surface area contributed by atoms with Crippen molar-refractivity contribution in [1.29, 1.82) is 0 Å². The summed E-state index contributed by atoms with van der Waals surface area (Å²) in [6, 6.07) is 9.93. The molecule has 0 unspecified atom stereocenters. The molecular formula is C11H13NO2. The Balaban J connectivity index is 2.04. The van der Waals surface area contributed by atoms with Gasteiger partial charge in [0.05, 0.1) is 5.92 Å².